The molecule has 0 amide bonds. The zero-order chi connectivity index (χ0) is 15.8. The first kappa shape index (κ1) is 16.3. The minimum Gasteiger partial charge on any atom is -0.356 e. The van der Waals surface area contributed by atoms with Crippen molar-refractivity contribution < 1.29 is 0 Å². The fraction of sp³-hybridized carbons (Fsp3) is 0.294. The lowest BCUT2D eigenvalue weighted by Crippen LogP contribution is -2.38. The third-order valence-electron chi connectivity index (χ3n) is 3.43. The van der Waals surface area contributed by atoms with Gasteiger partial charge in [-0.3, -0.25) is 4.99 Å². The van der Waals surface area contributed by atoms with Gasteiger partial charge >= 0.3 is 0 Å². The first-order chi connectivity index (χ1) is 10.7. The minimum absolute atomic E-state index is 0.521. The molecular formula is C17H21ClN4. The highest BCUT2D eigenvalue weighted by Crippen LogP contribution is 2.06. The zero-order valence-electron chi connectivity index (χ0n) is 12.9. The predicted octanol–water partition coefficient (Wildman–Crippen LogP) is 2.95. The van der Waals surface area contributed by atoms with E-state index < -0.39 is 0 Å². The van der Waals surface area contributed by atoms with E-state index in [2.05, 4.69) is 39.7 Å². The van der Waals surface area contributed by atoms with Gasteiger partial charge in [-0.15, -0.1) is 0 Å². The van der Waals surface area contributed by atoms with Crippen LogP contribution in [0.25, 0.3) is 0 Å². The third-order valence-corrected chi connectivity index (χ3v) is 3.65. The summed E-state index contributed by atoms with van der Waals surface area (Å²) in [5.74, 6) is 0.796. The Hall–Kier alpha value is -2.07. The molecule has 0 saturated heterocycles. The molecule has 0 unspecified atom stereocenters. The fourth-order valence-electron chi connectivity index (χ4n) is 2.09. The van der Waals surface area contributed by atoms with Gasteiger partial charge in [0.2, 0.25) is 0 Å². The van der Waals surface area contributed by atoms with Gasteiger partial charge < -0.3 is 10.6 Å². The van der Waals surface area contributed by atoms with Crippen LogP contribution in [-0.4, -0.2) is 24.5 Å². The number of aryl methyl sites for hydroxylation is 1. The summed E-state index contributed by atoms with van der Waals surface area (Å²) >= 11 is 5.77. The Kier molecular flexibility index (Phi) is 6.22. The standard InChI is InChI=1S/C17H21ClN4/c1-13-5-3-4-6-15(13)12-22-17(19-2)20-10-9-14-7-8-16(18)21-11-14/h3-8,11H,9-10,12H2,1-2H3,(H2,19,20,22). The summed E-state index contributed by atoms with van der Waals surface area (Å²) in [4.78, 5) is 8.31. The lowest BCUT2D eigenvalue weighted by atomic mass is 10.1. The summed E-state index contributed by atoms with van der Waals surface area (Å²) in [7, 11) is 1.77. The third kappa shape index (κ3) is 5.04. The van der Waals surface area contributed by atoms with Crippen molar-refractivity contribution in [1.29, 1.82) is 0 Å². The van der Waals surface area contributed by atoms with Crippen LogP contribution in [0.5, 0.6) is 0 Å². The van der Waals surface area contributed by atoms with Gasteiger partial charge in [-0.05, 0) is 36.1 Å². The van der Waals surface area contributed by atoms with Gasteiger partial charge in [-0.1, -0.05) is 41.9 Å². The van der Waals surface area contributed by atoms with Crippen molar-refractivity contribution in [3.8, 4) is 0 Å². The molecule has 2 aromatic rings. The summed E-state index contributed by atoms with van der Waals surface area (Å²) in [5.41, 5.74) is 3.69. The second kappa shape index (κ2) is 8.39. The molecule has 0 atom stereocenters. The molecule has 0 fully saturated rings. The normalized spacial score (nSPS) is 11.3. The second-order valence-electron chi connectivity index (χ2n) is 5.02. The van der Waals surface area contributed by atoms with Gasteiger partial charge in [0.25, 0.3) is 0 Å². The molecule has 5 heteroatoms. The number of halogens is 1. The van der Waals surface area contributed by atoms with E-state index in [0.29, 0.717) is 5.15 Å². The van der Waals surface area contributed by atoms with Crippen molar-refractivity contribution in [2.24, 2.45) is 4.99 Å². The van der Waals surface area contributed by atoms with Crippen LogP contribution in [0.1, 0.15) is 16.7 Å². The van der Waals surface area contributed by atoms with E-state index in [1.54, 1.807) is 13.2 Å². The average molecular weight is 317 g/mol. The van der Waals surface area contributed by atoms with E-state index in [1.165, 1.54) is 11.1 Å². The molecule has 22 heavy (non-hydrogen) atoms. The Morgan fingerprint density at radius 2 is 2.00 bits per heavy atom. The Balaban J connectivity index is 1.78. The first-order valence-electron chi connectivity index (χ1n) is 7.28. The molecule has 4 nitrogen and oxygen atoms in total. The topological polar surface area (TPSA) is 49.3 Å². The lowest BCUT2D eigenvalue weighted by Gasteiger charge is -2.13. The Morgan fingerprint density at radius 1 is 1.18 bits per heavy atom. The summed E-state index contributed by atoms with van der Waals surface area (Å²) in [6, 6.07) is 12.1. The molecule has 2 N–H and O–H groups in total. The van der Waals surface area contributed by atoms with Crippen LogP contribution < -0.4 is 10.6 Å². The average Bonchev–Trinajstić information content (AvgIpc) is 2.54. The van der Waals surface area contributed by atoms with Gasteiger partial charge in [0.1, 0.15) is 5.15 Å². The monoisotopic (exact) mass is 316 g/mol. The number of pyridine rings is 1. The van der Waals surface area contributed by atoms with E-state index >= 15 is 0 Å². The molecule has 1 aromatic heterocycles. The number of hydrogen-bond acceptors (Lipinski definition) is 2. The maximum atomic E-state index is 5.77. The fourth-order valence-corrected chi connectivity index (χ4v) is 2.20. The summed E-state index contributed by atoms with van der Waals surface area (Å²) in [6.45, 7) is 3.66. The van der Waals surface area contributed by atoms with Gasteiger partial charge in [0.05, 0.1) is 0 Å². The molecule has 0 aliphatic rings. The highest BCUT2D eigenvalue weighted by Gasteiger charge is 2.01. The molecule has 0 bridgehead atoms. The van der Waals surface area contributed by atoms with Crippen molar-refractivity contribution in [2.45, 2.75) is 19.9 Å². The summed E-state index contributed by atoms with van der Waals surface area (Å²) in [6.07, 6.45) is 2.67. The van der Waals surface area contributed by atoms with Gasteiger partial charge in [-0.2, -0.15) is 0 Å². The smallest absolute Gasteiger partial charge is 0.191 e. The van der Waals surface area contributed by atoms with E-state index in [0.717, 1.165) is 31.0 Å². The van der Waals surface area contributed by atoms with Crippen molar-refractivity contribution in [2.75, 3.05) is 13.6 Å². The van der Waals surface area contributed by atoms with Crippen LogP contribution in [-0.2, 0) is 13.0 Å². The molecule has 116 valence electrons. The first-order valence-corrected chi connectivity index (χ1v) is 7.66. The van der Waals surface area contributed by atoms with Gasteiger partial charge in [0.15, 0.2) is 5.96 Å². The van der Waals surface area contributed by atoms with E-state index in [1.807, 2.05) is 24.3 Å². The van der Waals surface area contributed by atoms with Crippen LogP contribution in [0.3, 0.4) is 0 Å². The molecule has 0 spiro atoms. The van der Waals surface area contributed by atoms with E-state index in [-0.39, 0.29) is 0 Å². The van der Waals surface area contributed by atoms with Crippen LogP contribution in [0.4, 0.5) is 0 Å². The molecule has 2 rings (SSSR count). The number of guanidine groups is 1. The SMILES string of the molecule is CN=C(NCCc1ccc(Cl)nc1)NCc1ccccc1C. The number of nitrogens with zero attached hydrogens (tertiary/aromatic N) is 2. The molecule has 0 aliphatic carbocycles. The van der Waals surface area contributed by atoms with Crippen molar-refractivity contribution in [3.63, 3.8) is 0 Å². The Morgan fingerprint density at radius 3 is 2.68 bits per heavy atom. The van der Waals surface area contributed by atoms with Crippen LogP contribution in [0, 0.1) is 6.92 Å². The minimum atomic E-state index is 0.521. The largest absolute Gasteiger partial charge is 0.356 e. The highest BCUT2D eigenvalue weighted by atomic mass is 35.5. The number of rotatable bonds is 5. The maximum absolute atomic E-state index is 5.77. The predicted molar refractivity (Wildman–Crippen MR) is 92.3 cm³/mol. The van der Waals surface area contributed by atoms with Crippen molar-refractivity contribution in [1.82, 2.24) is 15.6 Å². The van der Waals surface area contributed by atoms with Gasteiger partial charge in [-0.25, -0.2) is 4.98 Å². The van der Waals surface area contributed by atoms with Crippen LogP contribution in [0.15, 0.2) is 47.6 Å². The zero-order valence-corrected chi connectivity index (χ0v) is 13.7. The molecule has 1 aromatic carbocycles. The van der Waals surface area contributed by atoms with E-state index in [9.17, 15) is 0 Å². The number of aromatic nitrogens is 1. The molecule has 1 heterocycles. The summed E-state index contributed by atoms with van der Waals surface area (Å²) in [5, 5.41) is 7.15. The van der Waals surface area contributed by atoms with Gasteiger partial charge in [0, 0.05) is 26.3 Å². The number of benzene rings is 1. The second-order valence-corrected chi connectivity index (χ2v) is 5.41. The number of hydrogen-bond donors (Lipinski definition) is 2. The molecular weight excluding hydrogens is 296 g/mol. The maximum Gasteiger partial charge on any atom is 0.191 e. The quantitative estimate of drug-likeness (QED) is 0.506. The van der Waals surface area contributed by atoms with E-state index in [4.69, 9.17) is 11.6 Å². The molecule has 0 aliphatic heterocycles. The lowest BCUT2D eigenvalue weighted by molar-refractivity contribution is 0.791. The Labute approximate surface area is 136 Å². The van der Waals surface area contributed by atoms with Crippen molar-refractivity contribution >= 4 is 17.6 Å². The highest BCUT2D eigenvalue weighted by molar-refractivity contribution is 6.29. The number of nitrogens with one attached hydrogen (secondary N) is 2. The van der Waals surface area contributed by atoms with Crippen LogP contribution in [0.2, 0.25) is 5.15 Å². The molecule has 0 radical (unpaired) electrons. The Bertz CT molecular complexity index is 623. The number of aliphatic imine (C=N–C) groups is 1. The summed E-state index contributed by atoms with van der Waals surface area (Å²) < 4.78 is 0. The van der Waals surface area contributed by atoms with Crippen molar-refractivity contribution in [3.05, 3.63) is 64.4 Å². The van der Waals surface area contributed by atoms with Crippen LogP contribution >= 0.6 is 11.6 Å². The molecule has 0 saturated carbocycles.